The summed E-state index contributed by atoms with van der Waals surface area (Å²) in [5.74, 6) is 0.193. The minimum atomic E-state index is -0.489. The maximum absolute atomic E-state index is 13.0. The summed E-state index contributed by atoms with van der Waals surface area (Å²) in [7, 11) is 0. The van der Waals surface area contributed by atoms with Crippen LogP contribution in [0.2, 0.25) is 5.02 Å². The summed E-state index contributed by atoms with van der Waals surface area (Å²) < 4.78 is 12.8. The number of hydrogen-bond donors (Lipinski definition) is 1. The van der Waals surface area contributed by atoms with Crippen LogP contribution in [0.4, 0.5) is 0 Å². The fraction of sp³-hybridized carbons (Fsp3) is 0.148. The lowest BCUT2D eigenvalue weighted by Crippen LogP contribution is -2.44. The lowest BCUT2D eigenvalue weighted by atomic mass is 10.1. The lowest BCUT2D eigenvalue weighted by Gasteiger charge is -2.16. The van der Waals surface area contributed by atoms with E-state index >= 15 is 0 Å². The molecule has 0 saturated carbocycles. The first-order valence-corrected chi connectivity index (χ1v) is 13.6. The average Bonchev–Trinajstić information content (AvgIpc) is 3.11. The number of thiocarbonyl (C=S) groups is 1. The number of amides is 2. The SMILES string of the molecule is CCOc1cc(/C=C2/SC(=S)N(NC(=O)c3cccc(Cl)c3)C2=O)cc(Br)c1OCc1cccc(C)c1. The molecule has 0 unspecified atom stereocenters. The van der Waals surface area contributed by atoms with E-state index in [-0.39, 0.29) is 4.32 Å². The number of hydrazine groups is 1. The highest BCUT2D eigenvalue weighted by atomic mass is 79.9. The number of aryl methyl sites for hydroxylation is 1. The Balaban J connectivity index is 1.53. The predicted molar refractivity (Wildman–Crippen MR) is 155 cm³/mol. The van der Waals surface area contributed by atoms with Gasteiger partial charge in [-0.05, 0) is 89.5 Å². The van der Waals surface area contributed by atoms with E-state index in [4.69, 9.17) is 33.3 Å². The Morgan fingerprint density at radius 2 is 1.95 bits per heavy atom. The van der Waals surface area contributed by atoms with E-state index in [9.17, 15) is 9.59 Å². The van der Waals surface area contributed by atoms with Crippen molar-refractivity contribution in [2.45, 2.75) is 20.5 Å². The van der Waals surface area contributed by atoms with Gasteiger partial charge in [0.25, 0.3) is 11.8 Å². The largest absolute Gasteiger partial charge is 0.490 e. The number of benzene rings is 3. The maximum atomic E-state index is 13.0. The molecular weight excluding hydrogens is 596 g/mol. The topological polar surface area (TPSA) is 67.9 Å². The molecule has 0 aromatic heterocycles. The van der Waals surface area contributed by atoms with E-state index in [2.05, 4.69) is 27.4 Å². The van der Waals surface area contributed by atoms with Crippen LogP contribution in [0.15, 0.2) is 70.0 Å². The van der Waals surface area contributed by atoms with Crippen molar-refractivity contribution in [3.8, 4) is 11.5 Å². The monoisotopic (exact) mass is 616 g/mol. The quantitative estimate of drug-likeness (QED) is 0.218. The minimum Gasteiger partial charge on any atom is -0.490 e. The maximum Gasteiger partial charge on any atom is 0.285 e. The molecular formula is C27H22BrClN2O4S2. The molecule has 1 N–H and O–H groups in total. The zero-order valence-electron chi connectivity index (χ0n) is 19.9. The number of hydrogen-bond acceptors (Lipinski definition) is 6. The Labute approximate surface area is 238 Å². The molecule has 6 nitrogen and oxygen atoms in total. The molecule has 0 radical (unpaired) electrons. The van der Waals surface area contributed by atoms with E-state index in [0.29, 0.717) is 50.2 Å². The molecule has 0 atom stereocenters. The first-order valence-electron chi connectivity index (χ1n) is 11.2. The van der Waals surface area contributed by atoms with Gasteiger partial charge in [-0.3, -0.25) is 15.0 Å². The van der Waals surface area contributed by atoms with Crippen molar-refractivity contribution in [2.24, 2.45) is 0 Å². The number of carbonyl (C=O) groups excluding carboxylic acids is 2. The molecule has 1 saturated heterocycles. The Bertz CT molecular complexity index is 1410. The number of ether oxygens (including phenoxy) is 2. The highest BCUT2D eigenvalue weighted by molar-refractivity contribution is 9.10. The first-order chi connectivity index (χ1) is 17.7. The number of nitrogens with one attached hydrogen (secondary N) is 1. The molecule has 1 aliphatic rings. The van der Waals surface area contributed by atoms with Crippen LogP contribution in [0.1, 0.15) is 34.0 Å². The Morgan fingerprint density at radius 1 is 1.16 bits per heavy atom. The van der Waals surface area contributed by atoms with Gasteiger partial charge >= 0.3 is 0 Å². The van der Waals surface area contributed by atoms with Crippen LogP contribution in [0.5, 0.6) is 11.5 Å². The van der Waals surface area contributed by atoms with Crippen LogP contribution in [-0.4, -0.2) is 27.8 Å². The number of nitrogens with zero attached hydrogens (tertiary/aromatic N) is 1. The summed E-state index contributed by atoms with van der Waals surface area (Å²) in [6.45, 7) is 4.74. The van der Waals surface area contributed by atoms with Gasteiger partial charge in [0, 0.05) is 10.6 Å². The van der Waals surface area contributed by atoms with Gasteiger partial charge in [0.15, 0.2) is 15.8 Å². The molecule has 0 bridgehead atoms. The molecule has 190 valence electrons. The summed E-state index contributed by atoms with van der Waals surface area (Å²) in [4.78, 5) is 26.0. The highest BCUT2D eigenvalue weighted by Gasteiger charge is 2.34. The zero-order chi connectivity index (χ0) is 26.5. The van der Waals surface area contributed by atoms with Crippen molar-refractivity contribution in [3.05, 3.63) is 97.3 Å². The van der Waals surface area contributed by atoms with E-state index in [0.717, 1.165) is 27.9 Å². The van der Waals surface area contributed by atoms with Gasteiger partial charge < -0.3 is 9.47 Å². The van der Waals surface area contributed by atoms with Crippen LogP contribution < -0.4 is 14.9 Å². The van der Waals surface area contributed by atoms with Gasteiger partial charge in [-0.1, -0.05) is 59.3 Å². The molecule has 3 aromatic carbocycles. The molecule has 3 aromatic rings. The molecule has 2 amide bonds. The zero-order valence-corrected chi connectivity index (χ0v) is 23.9. The fourth-order valence-corrected chi connectivity index (χ4v) is 5.49. The molecule has 1 fully saturated rings. The first kappa shape index (κ1) is 27.2. The summed E-state index contributed by atoms with van der Waals surface area (Å²) in [5.41, 5.74) is 5.78. The second-order valence-corrected chi connectivity index (χ2v) is 11.0. The molecule has 1 aliphatic heterocycles. The summed E-state index contributed by atoms with van der Waals surface area (Å²) in [6.07, 6.45) is 1.70. The smallest absolute Gasteiger partial charge is 0.285 e. The van der Waals surface area contributed by atoms with Crippen LogP contribution in [0.25, 0.3) is 6.08 Å². The van der Waals surface area contributed by atoms with Gasteiger partial charge in [0.2, 0.25) is 0 Å². The van der Waals surface area contributed by atoms with Gasteiger partial charge in [0.1, 0.15) is 6.61 Å². The van der Waals surface area contributed by atoms with Gasteiger partial charge in [0.05, 0.1) is 16.0 Å². The van der Waals surface area contributed by atoms with E-state index in [1.54, 1.807) is 30.3 Å². The standard InChI is InChI=1S/C27H22BrClN2O4S2/c1-3-34-22-12-18(11-21(28)24(22)35-15-17-7-4-6-16(2)10-17)13-23-26(33)31(27(36)37-23)30-25(32)19-8-5-9-20(29)14-19/h4-14H,3,15H2,1-2H3,(H,30,32)/b23-13+. The van der Waals surface area contributed by atoms with Crippen molar-refractivity contribution >= 4 is 73.7 Å². The van der Waals surface area contributed by atoms with Crippen molar-refractivity contribution in [2.75, 3.05) is 6.61 Å². The van der Waals surface area contributed by atoms with Gasteiger partial charge in [-0.15, -0.1) is 0 Å². The Hall–Kier alpha value is -2.85. The second-order valence-electron chi connectivity index (χ2n) is 8.01. The number of rotatable bonds is 8. The third-order valence-corrected chi connectivity index (χ3v) is 7.32. The average molecular weight is 618 g/mol. The van der Waals surface area contributed by atoms with E-state index in [1.807, 2.05) is 38.1 Å². The van der Waals surface area contributed by atoms with Gasteiger partial charge in [-0.25, -0.2) is 0 Å². The molecule has 37 heavy (non-hydrogen) atoms. The van der Waals surface area contributed by atoms with Crippen molar-refractivity contribution in [1.82, 2.24) is 10.4 Å². The normalized spacial score (nSPS) is 14.3. The lowest BCUT2D eigenvalue weighted by molar-refractivity contribution is -0.123. The Kier molecular flexibility index (Phi) is 8.91. The number of thioether (sulfide) groups is 1. The molecule has 4 rings (SSSR count). The summed E-state index contributed by atoms with van der Waals surface area (Å²) in [6, 6.07) is 18.2. The fourth-order valence-electron chi connectivity index (χ4n) is 3.54. The third kappa shape index (κ3) is 6.73. The van der Waals surface area contributed by atoms with Crippen molar-refractivity contribution in [3.63, 3.8) is 0 Å². The van der Waals surface area contributed by atoms with Crippen molar-refractivity contribution in [1.29, 1.82) is 0 Å². The third-order valence-electron chi connectivity index (χ3n) is 5.19. The number of halogens is 2. The van der Waals surface area contributed by atoms with Crippen LogP contribution in [0.3, 0.4) is 0 Å². The predicted octanol–water partition coefficient (Wildman–Crippen LogP) is 6.93. The minimum absolute atomic E-state index is 0.217. The van der Waals surface area contributed by atoms with Crippen LogP contribution in [0, 0.1) is 6.92 Å². The number of carbonyl (C=O) groups is 2. The van der Waals surface area contributed by atoms with Crippen LogP contribution >= 0.6 is 51.5 Å². The van der Waals surface area contributed by atoms with E-state index < -0.39 is 11.8 Å². The summed E-state index contributed by atoms with van der Waals surface area (Å²) in [5, 5.41) is 1.48. The van der Waals surface area contributed by atoms with Crippen molar-refractivity contribution < 1.29 is 19.1 Å². The van der Waals surface area contributed by atoms with E-state index in [1.165, 1.54) is 6.07 Å². The van der Waals surface area contributed by atoms with Gasteiger partial charge in [-0.2, -0.15) is 5.01 Å². The van der Waals surface area contributed by atoms with Crippen LogP contribution in [-0.2, 0) is 11.4 Å². The molecule has 1 heterocycles. The highest BCUT2D eigenvalue weighted by Crippen LogP contribution is 2.39. The Morgan fingerprint density at radius 3 is 2.68 bits per heavy atom. The summed E-state index contributed by atoms with van der Waals surface area (Å²) >= 11 is 16.0. The molecule has 0 aliphatic carbocycles. The second kappa shape index (κ2) is 12.1. The molecule has 0 spiro atoms. The molecule has 10 heteroatoms.